The van der Waals surface area contributed by atoms with E-state index in [-0.39, 0.29) is 5.91 Å². The first-order valence-electron chi connectivity index (χ1n) is 4.05. The third-order valence-corrected chi connectivity index (χ3v) is 2.95. The van der Waals surface area contributed by atoms with Gasteiger partial charge >= 0.3 is 0 Å². The van der Waals surface area contributed by atoms with Crippen LogP contribution < -0.4 is 0 Å². The Hall–Kier alpha value is -0.790. The summed E-state index contributed by atoms with van der Waals surface area (Å²) >= 11 is 0. The third-order valence-electron chi connectivity index (χ3n) is 2.95. The molecular weight excluding hydrogens is 138 g/mol. The minimum Gasteiger partial charge on any atom is -0.342 e. The summed E-state index contributed by atoms with van der Waals surface area (Å²) < 4.78 is 0. The van der Waals surface area contributed by atoms with Crippen LogP contribution in [-0.2, 0) is 4.79 Å². The molecule has 0 unspecified atom stereocenters. The molecule has 2 aliphatic carbocycles. The van der Waals surface area contributed by atoms with Crippen LogP contribution in [0.5, 0.6) is 0 Å². The van der Waals surface area contributed by atoms with Gasteiger partial charge in [-0.3, -0.25) is 4.79 Å². The molecule has 0 atom stereocenters. The van der Waals surface area contributed by atoms with Gasteiger partial charge in [-0.25, -0.2) is 0 Å². The van der Waals surface area contributed by atoms with Gasteiger partial charge in [0, 0.05) is 13.6 Å². The highest BCUT2D eigenvalue weighted by atomic mass is 16.2. The van der Waals surface area contributed by atoms with Crippen molar-refractivity contribution in [1.82, 2.24) is 4.90 Å². The molecule has 0 bridgehead atoms. The Morgan fingerprint density at radius 1 is 1.82 bits per heavy atom. The van der Waals surface area contributed by atoms with Crippen molar-refractivity contribution in [2.24, 2.45) is 11.3 Å². The first-order chi connectivity index (χ1) is 5.18. The van der Waals surface area contributed by atoms with Gasteiger partial charge in [-0.1, -0.05) is 6.58 Å². The second-order valence-corrected chi connectivity index (χ2v) is 3.87. The Balaban J connectivity index is 1.85. The lowest BCUT2D eigenvalue weighted by Gasteiger charge is -2.16. The van der Waals surface area contributed by atoms with E-state index in [0.717, 1.165) is 12.5 Å². The van der Waals surface area contributed by atoms with Crippen LogP contribution in [-0.4, -0.2) is 24.4 Å². The number of hydrogen-bond donors (Lipinski definition) is 0. The van der Waals surface area contributed by atoms with Crippen molar-refractivity contribution in [2.75, 3.05) is 13.6 Å². The van der Waals surface area contributed by atoms with Crippen molar-refractivity contribution in [3.05, 3.63) is 12.7 Å². The van der Waals surface area contributed by atoms with Crippen LogP contribution in [0.1, 0.15) is 12.8 Å². The zero-order valence-electron chi connectivity index (χ0n) is 6.84. The van der Waals surface area contributed by atoms with Gasteiger partial charge in [-0.15, -0.1) is 0 Å². The zero-order chi connectivity index (χ0) is 8.06. The van der Waals surface area contributed by atoms with Gasteiger partial charge < -0.3 is 4.90 Å². The molecular formula is C9H13NO. The van der Waals surface area contributed by atoms with E-state index < -0.39 is 0 Å². The minimum absolute atomic E-state index is 0.0527. The summed E-state index contributed by atoms with van der Waals surface area (Å²) in [6, 6.07) is 0. The lowest BCUT2D eigenvalue weighted by Crippen LogP contribution is -2.28. The molecule has 60 valence electrons. The maximum atomic E-state index is 11.0. The van der Waals surface area contributed by atoms with Crippen LogP contribution in [0.2, 0.25) is 0 Å². The number of amides is 1. The Morgan fingerprint density at radius 3 is 2.73 bits per heavy atom. The standard InChI is InChI=1S/C9H13NO/c1-3-8(11)10(2)6-9-4-7(9)5-9/h3,7H,1,4-6H2,2H3. The monoisotopic (exact) mass is 151 g/mol. The molecule has 11 heavy (non-hydrogen) atoms. The molecule has 2 aliphatic rings. The summed E-state index contributed by atoms with van der Waals surface area (Å²) in [5.74, 6) is 1.01. The van der Waals surface area contributed by atoms with E-state index in [9.17, 15) is 4.79 Å². The summed E-state index contributed by atoms with van der Waals surface area (Å²) in [4.78, 5) is 12.8. The molecule has 1 amide bonds. The number of likely N-dealkylation sites (N-methyl/N-ethyl adjacent to an activating group) is 1. The SMILES string of the molecule is C=CC(=O)N(C)CC12CC1C2. The molecule has 0 aliphatic heterocycles. The molecule has 2 fully saturated rings. The Bertz CT molecular complexity index is 216. The smallest absolute Gasteiger partial charge is 0.245 e. The molecule has 2 nitrogen and oxygen atoms in total. The molecule has 0 aromatic heterocycles. The van der Waals surface area contributed by atoms with Crippen molar-refractivity contribution in [3.8, 4) is 0 Å². The quantitative estimate of drug-likeness (QED) is 0.552. The Morgan fingerprint density at radius 2 is 2.36 bits per heavy atom. The first-order valence-corrected chi connectivity index (χ1v) is 4.05. The van der Waals surface area contributed by atoms with Crippen molar-refractivity contribution in [2.45, 2.75) is 12.8 Å². The van der Waals surface area contributed by atoms with E-state index in [1.807, 2.05) is 7.05 Å². The average molecular weight is 151 g/mol. The summed E-state index contributed by atoms with van der Waals surface area (Å²) in [7, 11) is 1.85. The van der Waals surface area contributed by atoms with Crippen molar-refractivity contribution in [3.63, 3.8) is 0 Å². The molecule has 0 saturated heterocycles. The van der Waals surface area contributed by atoms with Gasteiger partial charge in [-0.05, 0) is 30.3 Å². The van der Waals surface area contributed by atoms with E-state index in [0.29, 0.717) is 5.41 Å². The van der Waals surface area contributed by atoms with Crippen LogP contribution in [0.3, 0.4) is 0 Å². The lowest BCUT2D eigenvalue weighted by molar-refractivity contribution is -0.125. The van der Waals surface area contributed by atoms with Crippen LogP contribution in [0, 0.1) is 11.3 Å². The molecule has 0 heterocycles. The van der Waals surface area contributed by atoms with Gasteiger partial charge in [0.2, 0.25) is 5.91 Å². The minimum atomic E-state index is 0.0527. The van der Waals surface area contributed by atoms with E-state index in [1.165, 1.54) is 18.9 Å². The van der Waals surface area contributed by atoms with E-state index in [2.05, 4.69) is 6.58 Å². The van der Waals surface area contributed by atoms with Crippen LogP contribution in [0.4, 0.5) is 0 Å². The lowest BCUT2D eigenvalue weighted by atomic mass is 10.2. The van der Waals surface area contributed by atoms with Crippen LogP contribution in [0.25, 0.3) is 0 Å². The fraction of sp³-hybridized carbons (Fsp3) is 0.667. The molecule has 0 spiro atoms. The Labute approximate surface area is 66.9 Å². The molecule has 2 saturated carbocycles. The molecule has 2 heteroatoms. The molecule has 2 rings (SSSR count). The fourth-order valence-corrected chi connectivity index (χ4v) is 1.77. The number of nitrogens with zero attached hydrogens (tertiary/aromatic N) is 1. The van der Waals surface area contributed by atoms with Crippen molar-refractivity contribution in [1.29, 1.82) is 0 Å². The van der Waals surface area contributed by atoms with Gasteiger partial charge in [0.1, 0.15) is 0 Å². The van der Waals surface area contributed by atoms with Crippen LogP contribution in [0.15, 0.2) is 12.7 Å². The van der Waals surface area contributed by atoms with E-state index in [1.54, 1.807) is 4.90 Å². The largest absolute Gasteiger partial charge is 0.342 e. The van der Waals surface area contributed by atoms with Crippen LogP contribution >= 0.6 is 0 Å². The molecule has 0 aromatic rings. The summed E-state index contributed by atoms with van der Waals surface area (Å²) in [6.07, 6.45) is 4.08. The molecule has 0 aromatic carbocycles. The first kappa shape index (κ1) is 6.89. The van der Waals surface area contributed by atoms with E-state index in [4.69, 9.17) is 0 Å². The van der Waals surface area contributed by atoms with Gasteiger partial charge in [0.15, 0.2) is 0 Å². The number of hydrogen-bond acceptors (Lipinski definition) is 1. The highest BCUT2D eigenvalue weighted by Gasteiger charge is 2.69. The maximum absolute atomic E-state index is 11.0. The zero-order valence-corrected chi connectivity index (χ0v) is 6.84. The fourth-order valence-electron chi connectivity index (χ4n) is 1.77. The number of fused-ring (bicyclic) bond motifs is 1. The van der Waals surface area contributed by atoms with Gasteiger partial charge in [-0.2, -0.15) is 0 Å². The number of carbonyl (C=O) groups excluding carboxylic acids is 1. The number of carbonyl (C=O) groups is 1. The topological polar surface area (TPSA) is 20.3 Å². The predicted molar refractivity (Wildman–Crippen MR) is 43.0 cm³/mol. The highest BCUT2D eigenvalue weighted by molar-refractivity contribution is 5.86. The summed E-state index contributed by atoms with van der Waals surface area (Å²) in [6.45, 7) is 4.40. The second-order valence-electron chi connectivity index (χ2n) is 3.87. The normalized spacial score (nSPS) is 37.4. The van der Waals surface area contributed by atoms with E-state index >= 15 is 0 Å². The second kappa shape index (κ2) is 1.87. The molecule has 0 N–H and O–H groups in total. The highest BCUT2D eigenvalue weighted by Crippen LogP contribution is 2.75. The third kappa shape index (κ3) is 0.971. The van der Waals surface area contributed by atoms with Gasteiger partial charge in [0.05, 0.1) is 0 Å². The molecule has 0 radical (unpaired) electrons. The van der Waals surface area contributed by atoms with Gasteiger partial charge in [0.25, 0.3) is 0 Å². The maximum Gasteiger partial charge on any atom is 0.245 e. The Kier molecular flexibility index (Phi) is 1.17. The predicted octanol–water partition coefficient (Wildman–Crippen LogP) is 1.04. The summed E-state index contributed by atoms with van der Waals surface area (Å²) in [5.41, 5.74) is 0.577. The summed E-state index contributed by atoms with van der Waals surface area (Å²) in [5, 5.41) is 0. The number of rotatable bonds is 3. The average Bonchev–Trinajstić information content (AvgIpc) is 2.74. The van der Waals surface area contributed by atoms with Crippen molar-refractivity contribution >= 4 is 5.91 Å². The van der Waals surface area contributed by atoms with Crippen molar-refractivity contribution < 1.29 is 4.79 Å².